The molecule has 0 aliphatic carbocycles. The molecule has 0 fully saturated rings. The third-order valence-electron chi connectivity index (χ3n) is 5.49. The maximum atomic E-state index is 12.1. The molecule has 0 aliphatic heterocycles. The zero-order valence-electron chi connectivity index (χ0n) is 18.0. The van der Waals surface area contributed by atoms with E-state index in [1.54, 1.807) is 34.0 Å². The molecule has 0 radical (unpaired) electrons. The largest absolute Gasteiger partial charge is 0.478 e. The highest BCUT2D eigenvalue weighted by molar-refractivity contribution is 7.26. The van der Waals surface area contributed by atoms with E-state index in [2.05, 4.69) is 36.7 Å². The second-order valence-electron chi connectivity index (χ2n) is 7.83. The number of hydrogen-bond donors (Lipinski definition) is 1. The van der Waals surface area contributed by atoms with E-state index in [0.29, 0.717) is 5.56 Å². The topological polar surface area (TPSA) is 37.3 Å². The van der Waals surface area contributed by atoms with Crippen molar-refractivity contribution < 1.29 is 9.90 Å². The minimum atomic E-state index is -0.820. The predicted octanol–water partition coefficient (Wildman–Crippen LogP) is 9.15. The molecule has 2 nitrogen and oxygen atoms in total. The number of aromatic carboxylic acids is 1. The van der Waals surface area contributed by atoms with Gasteiger partial charge in [0.2, 0.25) is 0 Å². The van der Waals surface area contributed by atoms with Crippen LogP contribution in [0.3, 0.4) is 0 Å². The fourth-order valence-corrected chi connectivity index (χ4v) is 7.21. The third-order valence-corrected chi connectivity index (χ3v) is 8.88. The fraction of sp³-hybridized carbons (Fsp3) is 0.480. The summed E-state index contributed by atoms with van der Waals surface area (Å²) in [6.07, 6.45) is 12.0. The average molecular weight is 461 g/mol. The Bertz CT molecular complexity index is 932. The molecule has 0 aliphatic rings. The van der Waals surface area contributed by atoms with Crippen LogP contribution in [0.25, 0.3) is 19.5 Å². The maximum Gasteiger partial charge on any atom is 0.337 e. The van der Waals surface area contributed by atoms with Crippen LogP contribution in [0.2, 0.25) is 0 Å². The van der Waals surface area contributed by atoms with E-state index in [1.807, 2.05) is 6.07 Å². The molecule has 3 aromatic heterocycles. The van der Waals surface area contributed by atoms with E-state index in [9.17, 15) is 9.90 Å². The van der Waals surface area contributed by atoms with Crippen LogP contribution in [0.4, 0.5) is 0 Å². The highest BCUT2D eigenvalue weighted by atomic mass is 32.1. The van der Waals surface area contributed by atoms with Crippen LogP contribution in [0, 0.1) is 0 Å². The van der Waals surface area contributed by atoms with Gasteiger partial charge in [0.05, 0.1) is 10.4 Å². The number of unbranched alkanes of at least 4 members (excludes halogenated alkanes) is 6. The van der Waals surface area contributed by atoms with Gasteiger partial charge in [-0.1, -0.05) is 52.4 Å². The number of hydrogen-bond acceptors (Lipinski definition) is 4. The number of thiophene rings is 3. The summed E-state index contributed by atoms with van der Waals surface area (Å²) in [5, 5.41) is 14.2. The lowest BCUT2D eigenvalue weighted by atomic mass is 10.0. The first-order valence-electron chi connectivity index (χ1n) is 11.2. The summed E-state index contributed by atoms with van der Waals surface area (Å²) in [4.78, 5) is 16.5. The van der Waals surface area contributed by atoms with E-state index in [1.165, 1.54) is 67.4 Å². The smallest absolute Gasteiger partial charge is 0.337 e. The molecule has 0 saturated heterocycles. The summed E-state index contributed by atoms with van der Waals surface area (Å²) < 4.78 is 0. The Morgan fingerprint density at radius 1 is 0.800 bits per heavy atom. The fourth-order valence-electron chi connectivity index (χ4n) is 3.80. The maximum absolute atomic E-state index is 12.1. The van der Waals surface area contributed by atoms with Crippen molar-refractivity contribution in [3.05, 3.63) is 45.6 Å². The molecular formula is C25H32O2S3. The highest BCUT2D eigenvalue weighted by Gasteiger charge is 2.22. The molecule has 0 atom stereocenters. The third kappa shape index (κ3) is 5.83. The molecule has 0 aromatic carbocycles. The number of carboxylic acids is 1. The van der Waals surface area contributed by atoms with Crippen molar-refractivity contribution in [2.24, 2.45) is 0 Å². The van der Waals surface area contributed by atoms with E-state index >= 15 is 0 Å². The number of carbonyl (C=O) groups is 1. The van der Waals surface area contributed by atoms with Crippen molar-refractivity contribution in [3.63, 3.8) is 0 Å². The van der Waals surface area contributed by atoms with E-state index in [4.69, 9.17) is 0 Å². The van der Waals surface area contributed by atoms with E-state index in [0.717, 1.165) is 27.5 Å². The summed E-state index contributed by atoms with van der Waals surface area (Å²) in [5.74, 6) is -0.820. The number of aryl methyl sites for hydroxylation is 2. The molecule has 0 amide bonds. The molecule has 1 N–H and O–H groups in total. The van der Waals surface area contributed by atoms with Gasteiger partial charge in [-0.2, -0.15) is 0 Å². The van der Waals surface area contributed by atoms with Crippen molar-refractivity contribution in [1.82, 2.24) is 0 Å². The van der Waals surface area contributed by atoms with Gasteiger partial charge in [-0.25, -0.2) is 4.79 Å². The lowest BCUT2D eigenvalue weighted by Crippen LogP contribution is -1.96. The van der Waals surface area contributed by atoms with Gasteiger partial charge < -0.3 is 5.11 Å². The molecule has 3 aromatic rings. The van der Waals surface area contributed by atoms with Crippen LogP contribution in [-0.4, -0.2) is 11.1 Å². The first-order chi connectivity index (χ1) is 14.7. The Morgan fingerprint density at radius 2 is 1.37 bits per heavy atom. The summed E-state index contributed by atoms with van der Waals surface area (Å²) in [7, 11) is 0. The highest BCUT2D eigenvalue weighted by Crippen LogP contribution is 2.44. The van der Waals surface area contributed by atoms with Gasteiger partial charge in [0, 0.05) is 14.6 Å². The predicted molar refractivity (Wildman–Crippen MR) is 134 cm³/mol. The molecule has 3 rings (SSSR count). The summed E-state index contributed by atoms with van der Waals surface area (Å²) in [6, 6.07) is 6.31. The Kier molecular flexibility index (Phi) is 9.16. The quantitative estimate of drug-likeness (QED) is 0.258. The lowest BCUT2D eigenvalue weighted by Gasteiger charge is -2.04. The normalized spacial score (nSPS) is 11.3. The van der Waals surface area contributed by atoms with E-state index < -0.39 is 5.97 Å². The Balaban J connectivity index is 1.85. The molecular weight excluding hydrogens is 428 g/mol. The van der Waals surface area contributed by atoms with E-state index in [-0.39, 0.29) is 0 Å². The SMILES string of the molecule is CCCCCCc1ccsc1-c1cc(C(=O)O)c(-c2sccc2CCCCCC)s1. The molecule has 0 spiro atoms. The average Bonchev–Trinajstić information content (AvgIpc) is 3.47. The van der Waals surface area contributed by atoms with Crippen molar-refractivity contribution >= 4 is 40.0 Å². The minimum absolute atomic E-state index is 0.456. The van der Waals surface area contributed by atoms with Crippen LogP contribution >= 0.6 is 34.0 Å². The zero-order chi connectivity index (χ0) is 21.3. The molecule has 5 heteroatoms. The Hall–Kier alpha value is -1.43. The molecule has 0 unspecified atom stereocenters. The first-order valence-corrected chi connectivity index (χ1v) is 13.7. The molecule has 162 valence electrons. The van der Waals surface area contributed by atoms with Gasteiger partial charge in [0.1, 0.15) is 0 Å². The van der Waals surface area contributed by atoms with Crippen LogP contribution in [0.1, 0.15) is 86.7 Å². The van der Waals surface area contributed by atoms with Crippen molar-refractivity contribution in [1.29, 1.82) is 0 Å². The Morgan fingerprint density at radius 3 is 1.93 bits per heavy atom. The van der Waals surface area contributed by atoms with Crippen molar-refractivity contribution in [2.75, 3.05) is 0 Å². The monoisotopic (exact) mass is 460 g/mol. The molecule has 30 heavy (non-hydrogen) atoms. The second-order valence-corrected chi connectivity index (χ2v) is 10.7. The van der Waals surface area contributed by atoms with Gasteiger partial charge >= 0.3 is 5.97 Å². The zero-order valence-corrected chi connectivity index (χ0v) is 20.5. The molecule has 0 bridgehead atoms. The lowest BCUT2D eigenvalue weighted by molar-refractivity contribution is 0.0698. The van der Waals surface area contributed by atoms with Gasteiger partial charge in [-0.15, -0.1) is 34.0 Å². The minimum Gasteiger partial charge on any atom is -0.478 e. The summed E-state index contributed by atoms with van der Waals surface area (Å²) in [6.45, 7) is 4.46. The van der Waals surface area contributed by atoms with Crippen LogP contribution in [0.5, 0.6) is 0 Å². The van der Waals surface area contributed by atoms with Crippen molar-refractivity contribution in [3.8, 4) is 19.5 Å². The second kappa shape index (κ2) is 11.8. The standard InChI is InChI=1S/C25H32O2S3/c1-3-5-7-9-11-18-13-15-28-22(18)21-17-20(25(26)27)24(30-21)23-19(14-16-29-23)12-10-8-6-4-2/h13-17H,3-12H2,1-2H3,(H,26,27). The number of carboxylic acid groups (broad SMARTS) is 1. The van der Waals surface area contributed by atoms with Crippen LogP contribution in [-0.2, 0) is 12.8 Å². The Labute approximate surface area is 192 Å². The summed E-state index contributed by atoms with van der Waals surface area (Å²) in [5.41, 5.74) is 3.13. The van der Waals surface area contributed by atoms with Crippen molar-refractivity contribution in [2.45, 2.75) is 78.1 Å². The van der Waals surface area contributed by atoms with Gasteiger partial charge in [-0.3, -0.25) is 0 Å². The first kappa shape index (κ1) is 23.2. The van der Waals surface area contributed by atoms with Crippen LogP contribution in [0.15, 0.2) is 29.0 Å². The van der Waals surface area contributed by atoms with Gasteiger partial charge in [0.25, 0.3) is 0 Å². The van der Waals surface area contributed by atoms with Gasteiger partial charge in [0.15, 0.2) is 0 Å². The molecule has 0 saturated carbocycles. The van der Waals surface area contributed by atoms with Crippen LogP contribution < -0.4 is 0 Å². The summed E-state index contributed by atoms with van der Waals surface area (Å²) >= 11 is 5.08. The number of rotatable bonds is 13. The molecule has 3 heterocycles. The van der Waals surface area contributed by atoms with Gasteiger partial charge in [-0.05, 0) is 65.8 Å².